The first-order chi connectivity index (χ1) is 6.86. The van der Waals surface area contributed by atoms with Crippen LogP contribution in [-0.2, 0) is 0 Å². The van der Waals surface area contributed by atoms with Gasteiger partial charge in [-0.15, -0.1) is 11.8 Å². The Labute approximate surface area is 90.4 Å². The van der Waals surface area contributed by atoms with E-state index in [1.807, 2.05) is 11.8 Å². The fourth-order valence-electron chi connectivity index (χ4n) is 2.03. The van der Waals surface area contributed by atoms with Crippen LogP contribution < -0.4 is 0 Å². The second-order valence-electron chi connectivity index (χ2n) is 3.57. The smallest absolute Gasteiger partial charge is 0.0114 e. The van der Waals surface area contributed by atoms with Crippen molar-refractivity contribution in [1.29, 1.82) is 0 Å². The van der Waals surface area contributed by atoms with E-state index in [2.05, 4.69) is 44.2 Å². The summed E-state index contributed by atoms with van der Waals surface area (Å²) in [4.78, 5) is 1.48. The molecule has 0 bridgehead atoms. The molecule has 0 N–H and O–H groups in total. The Morgan fingerprint density at radius 2 is 2.00 bits per heavy atom. The highest BCUT2D eigenvalue weighted by molar-refractivity contribution is 8.08. The van der Waals surface area contributed by atoms with E-state index in [1.54, 1.807) is 0 Å². The van der Waals surface area contributed by atoms with E-state index in [0.29, 0.717) is 5.92 Å². The molecule has 0 heterocycles. The summed E-state index contributed by atoms with van der Waals surface area (Å²) in [6.45, 7) is 4.48. The van der Waals surface area contributed by atoms with Crippen LogP contribution in [0.4, 0.5) is 0 Å². The van der Waals surface area contributed by atoms with Gasteiger partial charge in [-0.05, 0) is 23.3 Å². The van der Waals surface area contributed by atoms with Crippen molar-refractivity contribution >= 4 is 16.7 Å². The molecule has 0 aromatic heterocycles. The highest BCUT2D eigenvalue weighted by Gasteiger charge is 2.20. The maximum Gasteiger partial charge on any atom is 0.0114 e. The molecule has 1 atom stereocenters. The number of fused-ring (bicyclic) bond motifs is 1. The lowest BCUT2D eigenvalue weighted by atomic mass is 9.99. The van der Waals surface area contributed by atoms with Crippen molar-refractivity contribution in [3.63, 3.8) is 0 Å². The lowest BCUT2D eigenvalue weighted by molar-refractivity contribution is 0.818. The molecule has 1 heteroatoms. The second kappa shape index (κ2) is 4.22. The standard InChI is InChI=1S/C13H16S/c1-3-10-9-13(14-4-2)12-8-6-5-7-11(10)12/h5-10H,3-4H2,1-2H3. The molecule has 0 spiro atoms. The minimum absolute atomic E-state index is 0.653. The Morgan fingerprint density at radius 1 is 1.21 bits per heavy atom. The van der Waals surface area contributed by atoms with E-state index in [4.69, 9.17) is 0 Å². The lowest BCUT2D eigenvalue weighted by Gasteiger charge is -2.06. The molecule has 0 saturated carbocycles. The molecular formula is C13H16S. The first kappa shape index (κ1) is 9.85. The van der Waals surface area contributed by atoms with Gasteiger partial charge in [0.1, 0.15) is 0 Å². The Balaban J connectivity index is 2.38. The summed E-state index contributed by atoms with van der Waals surface area (Å²) in [6, 6.07) is 8.80. The Kier molecular flexibility index (Phi) is 2.97. The molecule has 0 nitrogen and oxygen atoms in total. The Hall–Kier alpha value is -0.690. The summed E-state index contributed by atoms with van der Waals surface area (Å²) < 4.78 is 0. The molecule has 0 fully saturated rings. The minimum Gasteiger partial charge on any atom is -0.126 e. The number of hydrogen-bond acceptors (Lipinski definition) is 1. The lowest BCUT2D eigenvalue weighted by Crippen LogP contribution is -1.89. The summed E-state index contributed by atoms with van der Waals surface area (Å²) in [5.74, 6) is 1.82. The topological polar surface area (TPSA) is 0 Å². The van der Waals surface area contributed by atoms with Crippen LogP contribution in [0.3, 0.4) is 0 Å². The summed E-state index contributed by atoms with van der Waals surface area (Å²) >= 11 is 1.96. The average Bonchev–Trinajstić information content (AvgIpc) is 2.58. The normalized spacial score (nSPS) is 19.3. The van der Waals surface area contributed by atoms with Crippen molar-refractivity contribution in [1.82, 2.24) is 0 Å². The van der Waals surface area contributed by atoms with Gasteiger partial charge in [-0.2, -0.15) is 0 Å². The van der Waals surface area contributed by atoms with Gasteiger partial charge < -0.3 is 0 Å². The highest BCUT2D eigenvalue weighted by Crippen LogP contribution is 2.42. The van der Waals surface area contributed by atoms with Gasteiger partial charge in [-0.3, -0.25) is 0 Å². The van der Waals surface area contributed by atoms with Crippen LogP contribution >= 0.6 is 11.8 Å². The second-order valence-corrected chi connectivity index (χ2v) is 4.87. The van der Waals surface area contributed by atoms with Crippen molar-refractivity contribution in [2.75, 3.05) is 5.75 Å². The summed E-state index contributed by atoms with van der Waals surface area (Å²) in [5, 5.41) is 0. The van der Waals surface area contributed by atoms with Crippen molar-refractivity contribution in [2.24, 2.45) is 0 Å². The van der Waals surface area contributed by atoms with Crippen LogP contribution in [0.25, 0.3) is 4.91 Å². The van der Waals surface area contributed by atoms with Crippen molar-refractivity contribution in [3.8, 4) is 0 Å². The summed E-state index contributed by atoms with van der Waals surface area (Å²) in [6.07, 6.45) is 3.64. The molecule has 0 radical (unpaired) electrons. The first-order valence-corrected chi connectivity index (χ1v) is 6.29. The molecule has 1 aromatic rings. The van der Waals surface area contributed by atoms with Gasteiger partial charge in [-0.25, -0.2) is 0 Å². The highest BCUT2D eigenvalue weighted by atomic mass is 32.2. The number of benzene rings is 1. The van der Waals surface area contributed by atoms with Gasteiger partial charge >= 0.3 is 0 Å². The van der Waals surface area contributed by atoms with Gasteiger partial charge in [0, 0.05) is 10.8 Å². The minimum atomic E-state index is 0.653. The van der Waals surface area contributed by atoms with Crippen LogP contribution in [0.1, 0.15) is 37.3 Å². The monoisotopic (exact) mass is 204 g/mol. The third-order valence-corrected chi connectivity index (χ3v) is 3.67. The van der Waals surface area contributed by atoms with Crippen LogP contribution in [-0.4, -0.2) is 5.75 Å². The van der Waals surface area contributed by atoms with E-state index >= 15 is 0 Å². The number of hydrogen-bond donors (Lipinski definition) is 0. The Bertz CT molecular complexity index is 352. The van der Waals surface area contributed by atoms with Gasteiger partial charge in [-0.1, -0.05) is 44.2 Å². The molecule has 1 unspecified atom stereocenters. The summed E-state index contributed by atoms with van der Waals surface area (Å²) in [5.41, 5.74) is 2.98. The van der Waals surface area contributed by atoms with Gasteiger partial charge in [0.05, 0.1) is 0 Å². The van der Waals surface area contributed by atoms with Crippen LogP contribution in [0, 0.1) is 0 Å². The number of allylic oxidation sites excluding steroid dienone is 1. The van der Waals surface area contributed by atoms with Gasteiger partial charge in [0.2, 0.25) is 0 Å². The average molecular weight is 204 g/mol. The Morgan fingerprint density at radius 3 is 2.71 bits per heavy atom. The molecule has 0 amide bonds. The third-order valence-electron chi connectivity index (χ3n) is 2.72. The molecule has 1 aliphatic rings. The van der Waals surface area contributed by atoms with Crippen LogP contribution in [0.5, 0.6) is 0 Å². The number of rotatable bonds is 3. The first-order valence-electron chi connectivity index (χ1n) is 5.30. The quantitative estimate of drug-likeness (QED) is 0.708. The van der Waals surface area contributed by atoms with Crippen LogP contribution in [0.15, 0.2) is 30.3 Å². The van der Waals surface area contributed by atoms with Gasteiger partial charge in [0.15, 0.2) is 0 Å². The molecule has 0 aliphatic heterocycles. The van der Waals surface area contributed by atoms with E-state index in [1.165, 1.54) is 22.5 Å². The molecule has 1 aliphatic carbocycles. The fourth-order valence-corrected chi connectivity index (χ4v) is 2.94. The zero-order chi connectivity index (χ0) is 9.97. The predicted molar refractivity (Wildman–Crippen MR) is 65.6 cm³/mol. The molecule has 0 saturated heterocycles. The SMILES string of the molecule is CCSC1=CC(CC)c2ccccc21. The van der Waals surface area contributed by atoms with Crippen LogP contribution in [0.2, 0.25) is 0 Å². The molecule has 74 valence electrons. The summed E-state index contributed by atoms with van der Waals surface area (Å²) in [7, 11) is 0. The predicted octanol–water partition coefficient (Wildman–Crippen LogP) is 4.29. The maximum atomic E-state index is 2.43. The molecule has 1 aromatic carbocycles. The van der Waals surface area contributed by atoms with Crippen molar-refractivity contribution < 1.29 is 0 Å². The zero-order valence-electron chi connectivity index (χ0n) is 8.79. The largest absolute Gasteiger partial charge is 0.126 e. The van der Waals surface area contributed by atoms with Crippen molar-refractivity contribution in [3.05, 3.63) is 41.5 Å². The van der Waals surface area contributed by atoms with E-state index in [0.717, 1.165) is 5.75 Å². The van der Waals surface area contributed by atoms with Gasteiger partial charge in [0.25, 0.3) is 0 Å². The zero-order valence-corrected chi connectivity index (χ0v) is 9.60. The van der Waals surface area contributed by atoms with E-state index < -0.39 is 0 Å². The fraction of sp³-hybridized carbons (Fsp3) is 0.385. The molecule has 2 rings (SSSR count). The molecular weight excluding hydrogens is 188 g/mol. The van der Waals surface area contributed by atoms with E-state index in [9.17, 15) is 0 Å². The number of thioether (sulfide) groups is 1. The molecule has 14 heavy (non-hydrogen) atoms. The third kappa shape index (κ3) is 1.61. The van der Waals surface area contributed by atoms with E-state index in [-0.39, 0.29) is 0 Å². The van der Waals surface area contributed by atoms with Crippen molar-refractivity contribution in [2.45, 2.75) is 26.2 Å². The maximum absolute atomic E-state index is 2.43.